The van der Waals surface area contributed by atoms with Gasteiger partial charge in [-0.25, -0.2) is 9.48 Å². The molecule has 2 aromatic heterocycles. The van der Waals surface area contributed by atoms with E-state index in [1.54, 1.807) is 16.8 Å². The maximum atomic E-state index is 12.7. The molecule has 0 saturated heterocycles. The van der Waals surface area contributed by atoms with Gasteiger partial charge < -0.3 is 4.74 Å². The average molecular weight is 456 g/mol. The number of nitrogens with zero attached hydrogens (tertiary/aromatic N) is 3. The summed E-state index contributed by atoms with van der Waals surface area (Å²) in [5.41, 5.74) is 1.73. The van der Waals surface area contributed by atoms with E-state index >= 15 is 0 Å². The number of thiophene rings is 1. The predicted octanol–water partition coefficient (Wildman–Crippen LogP) is 6.13. The quantitative estimate of drug-likeness (QED) is 0.198. The van der Waals surface area contributed by atoms with Crippen molar-refractivity contribution in [3.63, 3.8) is 0 Å². The topological polar surface area (TPSA) is 87.3 Å². The van der Waals surface area contributed by atoms with Crippen LogP contribution in [0.15, 0.2) is 54.6 Å². The molecule has 0 radical (unpaired) electrons. The summed E-state index contributed by atoms with van der Waals surface area (Å²) in [4.78, 5) is 24.4. The Labute approximate surface area is 187 Å². The number of para-hydroxylation sites is 1. The largest absolute Gasteiger partial charge is 0.461 e. The molecule has 4 aromatic rings. The Hall–Kier alpha value is -3.23. The summed E-state index contributed by atoms with van der Waals surface area (Å²) >= 11 is 7.84. The molecule has 0 atom stereocenters. The maximum Gasteiger partial charge on any atom is 0.349 e. The summed E-state index contributed by atoms with van der Waals surface area (Å²) in [5.74, 6) is -0.304. The maximum absolute atomic E-state index is 12.7. The third-order valence-electron chi connectivity index (χ3n) is 4.52. The molecule has 4 rings (SSSR count). The fraction of sp³-hybridized carbons (Fsp3) is 0.182. The lowest BCUT2D eigenvalue weighted by Gasteiger charge is -2.06. The van der Waals surface area contributed by atoms with E-state index in [4.69, 9.17) is 21.4 Å². The number of nitro benzene ring substituents is 1. The molecule has 158 valence electrons. The van der Waals surface area contributed by atoms with E-state index in [2.05, 4.69) is 0 Å². The minimum atomic E-state index is -0.496. The number of hydrogen-bond acceptors (Lipinski definition) is 6. The summed E-state index contributed by atoms with van der Waals surface area (Å²) < 4.78 is 7.07. The van der Waals surface area contributed by atoms with Gasteiger partial charge in [0.1, 0.15) is 15.4 Å². The molecule has 0 spiro atoms. The number of aromatic nitrogens is 2. The van der Waals surface area contributed by atoms with Gasteiger partial charge in [0.2, 0.25) is 0 Å². The van der Waals surface area contributed by atoms with Gasteiger partial charge in [0.25, 0.3) is 5.69 Å². The highest BCUT2D eigenvalue weighted by Crippen LogP contribution is 2.43. The van der Waals surface area contributed by atoms with Gasteiger partial charge >= 0.3 is 5.97 Å². The van der Waals surface area contributed by atoms with Crippen molar-refractivity contribution in [3.8, 4) is 16.9 Å². The molecule has 0 aliphatic carbocycles. The first-order chi connectivity index (χ1) is 14.9. The van der Waals surface area contributed by atoms with E-state index < -0.39 is 10.9 Å². The van der Waals surface area contributed by atoms with Gasteiger partial charge in [0.15, 0.2) is 0 Å². The molecule has 9 heteroatoms. The molecule has 2 heterocycles. The lowest BCUT2D eigenvalue weighted by atomic mass is 10.1. The Kier molecular flexibility index (Phi) is 5.75. The second-order valence-corrected chi connectivity index (χ2v) is 8.70. The monoisotopic (exact) mass is 455 g/mol. The van der Waals surface area contributed by atoms with Crippen molar-refractivity contribution in [2.75, 3.05) is 6.61 Å². The minimum absolute atomic E-state index is 0.0529. The molecule has 31 heavy (non-hydrogen) atoms. The predicted molar refractivity (Wildman–Crippen MR) is 121 cm³/mol. The summed E-state index contributed by atoms with van der Waals surface area (Å²) in [6.45, 7) is 4.19. The van der Waals surface area contributed by atoms with Crippen molar-refractivity contribution in [1.29, 1.82) is 0 Å². The molecule has 0 aliphatic heterocycles. The minimum Gasteiger partial charge on any atom is -0.461 e. The first-order valence-electron chi connectivity index (χ1n) is 9.55. The first-order valence-corrected chi connectivity index (χ1v) is 10.7. The van der Waals surface area contributed by atoms with Crippen LogP contribution in [0.2, 0.25) is 5.02 Å². The summed E-state index contributed by atoms with van der Waals surface area (Å²) in [5, 5.41) is 16.7. The number of fused-ring (bicyclic) bond motifs is 1. The van der Waals surface area contributed by atoms with E-state index in [1.165, 1.54) is 23.5 Å². The summed E-state index contributed by atoms with van der Waals surface area (Å²) in [6.07, 6.45) is 0. The van der Waals surface area contributed by atoms with Crippen molar-refractivity contribution in [2.45, 2.75) is 13.8 Å². The second-order valence-electron chi connectivity index (χ2n) is 7.32. The van der Waals surface area contributed by atoms with Crippen LogP contribution in [0.4, 0.5) is 5.69 Å². The summed E-state index contributed by atoms with van der Waals surface area (Å²) in [6, 6.07) is 15.6. The van der Waals surface area contributed by atoms with Crippen molar-refractivity contribution >= 4 is 44.8 Å². The zero-order valence-electron chi connectivity index (χ0n) is 16.7. The highest BCUT2D eigenvalue weighted by Gasteiger charge is 2.26. The molecule has 7 nitrogen and oxygen atoms in total. The van der Waals surface area contributed by atoms with Crippen LogP contribution < -0.4 is 0 Å². The zero-order valence-corrected chi connectivity index (χ0v) is 18.3. The van der Waals surface area contributed by atoms with Crippen molar-refractivity contribution in [2.24, 2.45) is 5.92 Å². The molecule has 0 unspecified atom stereocenters. The standard InChI is InChI=1S/C22H18ClN3O4S/c1-13(2)12-30-22(27)20-18(23)17-19(14-7-6-10-16(11-14)26(28)29)24-25(21(17)31-20)15-8-4-3-5-9-15/h3-11,13H,12H2,1-2H3. The van der Waals surface area contributed by atoms with Crippen LogP contribution in [0, 0.1) is 16.0 Å². The molecule has 0 amide bonds. The molecule has 0 N–H and O–H groups in total. The number of carbonyl (C=O) groups is 1. The number of halogens is 1. The number of ether oxygens (including phenoxy) is 1. The Balaban J connectivity index is 1.93. The van der Waals surface area contributed by atoms with E-state index in [1.807, 2.05) is 44.2 Å². The van der Waals surface area contributed by atoms with Gasteiger partial charge in [-0.05, 0) is 18.1 Å². The molecular weight excluding hydrogens is 438 g/mol. The van der Waals surface area contributed by atoms with Gasteiger partial charge in [0, 0.05) is 17.7 Å². The van der Waals surface area contributed by atoms with Gasteiger partial charge in [-0.15, -0.1) is 11.3 Å². The van der Waals surface area contributed by atoms with Crippen LogP contribution >= 0.6 is 22.9 Å². The van der Waals surface area contributed by atoms with Crippen LogP contribution in [0.5, 0.6) is 0 Å². The lowest BCUT2D eigenvalue weighted by Crippen LogP contribution is -2.09. The average Bonchev–Trinajstić information content (AvgIpc) is 3.30. The van der Waals surface area contributed by atoms with Crippen LogP contribution in [0.25, 0.3) is 27.2 Å². The zero-order chi connectivity index (χ0) is 22.1. The molecular formula is C22H18ClN3O4S. The van der Waals surface area contributed by atoms with Gasteiger partial charge in [0.05, 0.1) is 27.6 Å². The fourth-order valence-corrected chi connectivity index (χ4v) is 4.59. The molecule has 0 fully saturated rings. The first kappa shape index (κ1) is 21.0. The molecule has 0 aliphatic rings. The SMILES string of the molecule is CC(C)COC(=O)c1sc2c(c(-c3cccc([N+](=O)[O-])c3)nn2-c2ccccc2)c1Cl. The lowest BCUT2D eigenvalue weighted by molar-refractivity contribution is -0.384. The number of rotatable bonds is 6. The molecule has 0 saturated carbocycles. The third-order valence-corrected chi connectivity index (χ3v) is 6.16. The Morgan fingerprint density at radius 2 is 1.97 bits per heavy atom. The number of hydrogen-bond donors (Lipinski definition) is 0. The number of carbonyl (C=O) groups excluding carboxylic acids is 1. The summed E-state index contributed by atoms with van der Waals surface area (Å²) in [7, 11) is 0. The van der Waals surface area contributed by atoms with Gasteiger partial charge in [-0.3, -0.25) is 10.1 Å². The van der Waals surface area contributed by atoms with Crippen LogP contribution in [-0.4, -0.2) is 27.3 Å². The van der Waals surface area contributed by atoms with E-state index in [0.29, 0.717) is 21.5 Å². The Morgan fingerprint density at radius 3 is 2.65 bits per heavy atom. The number of nitro groups is 1. The Bertz CT molecular complexity index is 1280. The van der Waals surface area contributed by atoms with Crippen LogP contribution in [-0.2, 0) is 4.74 Å². The van der Waals surface area contributed by atoms with Crippen molar-refractivity contribution in [1.82, 2.24) is 9.78 Å². The fourth-order valence-electron chi connectivity index (χ4n) is 3.10. The molecule has 2 aromatic carbocycles. The van der Waals surface area contributed by atoms with Crippen molar-refractivity contribution in [3.05, 3.63) is 74.6 Å². The smallest absolute Gasteiger partial charge is 0.349 e. The van der Waals surface area contributed by atoms with Gasteiger partial charge in [-0.1, -0.05) is 55.8 Å². The van der Waals surface area contributed by atoms with Crippen LogP contribution in [0.1, 0.15) is 23.5 Å². The van der Waals surface area contributed by atoms with Crippen LogP contribution in [0.3, 0.4) is 0 Å². The number of non-ortho nitro benzene ring substituents is 1. The van der Waals surface area contributed by atoms with E-state index in [9.17, 15) is 14.9 Å². The molecule has 0 bridgehead atoms. The third kappa shape index (κ3) is 4.04. The van der Waals surface area contributed by atoms with E-state index in [0.717, 1.165) is 5.69 Å². The van der Waals surface area contributed by atoms with Crippen molar-refractivity contribution < 1.29 is 14.5 Å². The highest BCUT2D eigenvalue weighted by atomic mass is 35.5. The van der Waals surface area contributed by atoms with E-state index in [-0.39, 0.29) is 28.1 Å². The normalized spacial score (nSPS) is 11.2. The number of benzene rings is 2. The highest BCUT2D eigenvalue weighted by molar-refractivity contribution is 7.21. The second kappa shape index (κ2) is 8.49. The number of esters is 1. The van der Waals surface area contributed by atoms with Gasteiger partial charge in [-0.2, -0.15) is 5.10 Å². The Morgan fingerprint density at radius 1 is 1.23 bits per heavy atom.